The van der Waals surface area contributed by atoms with Crippen molar-refractivity contribution < 1.29 is 4.79 Å². The molecule has 0 atom stereocenters. The monoisotopic (exact) mass is 243 g/mol. The summed E-state index contributed by atoms with van der Waals surface area (Å²) in [5.74, 6) is 0.0586. The third-order valence-corrected chi connectivity index (χ3v) is 3.12. The van der Waals surface area contributed by atoms with E-state index in [0.717, 1.165) is 27.4 Å². The van der Waals surface area contributed by atoms with Gasteiger partial charge in [0.05, 0.1) is 6.42 Å². The molecule has 0 radical (unpaired) electrons. The Morgan fingerprint density at radius 1 is 1.06 bits per heavy atom. The lowest BCUT2D eigenvalue weighted by atomic mass is 10.0. The van der Waals surface area contributed by atoms with Gasteiger partial charge in [-0.15, -0.1) is 0 Å². The van der Waals surface area contributed by atoms with Crippen LogP contribution in [-0.4, -0.2) is 5.91 Å². The van der Waals surface area contributed by atoms with Crippen LogP contribution in [-0.2, 0) is 11.2 Å². The van der Waals surface area contributed by atoms with Gasteiger partial charge in [-0.2, -0.15) is 0 Å². The van der Waals surface area contributed by atoms with E-state index in [1.165, 1.54) is 0 Å². The zero-order chi connectivity index (χ0) is 11.8. The number of halogens is 1. The van der Waals surface area contributed by atoms with E-state index in [1.54, 1.807) is 0 Å². The lowest BCUT2D eigenvalue weighted by Crippen LogP contribution is -2.03. The molecular weight excluding hydrogens is 234 g/mol. The van der Waals surface area contributed by atoms with Gasteiger partial charge in [-0.1, -0.05) is 29.8 Å². The predicted molar refractivity (Wildman–Crippen MR) is 69.2 cm³/mol. The van der Waals surface area contributed by atoms with Crippen LogP contribution in [0.2, 0.25) is 5.02 Å². The molecule has 0 saturated heterocycles. The second-order valence-electron chi connectivity index (χ2n) is 4.11. The standard InChI is InChI=1S/C14H10ClNO/c15-12-3-1-2-9(7-12)10-4-5-13-11(6-10)8-14(17)16-13/h1-7H,8H2,(H,16,17). The van der Waals surface area contributed by atoms with Crippen molar-refractivity contribution in [3.63, 3.8) is 0 Å². The first-order valence-electron chi connectivity index (χ1n) is 5.41. The lowest BCUT2D eigenvalue weighted by Gasteiger charge is -2.04. The maximum atomic E-state index is 11.3. The Balaban J connectivity index is 2.06. The third kappa shape index (κ3) is 1.92. The number of carbonyl (C=O) groups excluding carboxylic acids is 1. The van der Waals surface area contributed by atoms with Gasteiger partial charge in [0, 0.05) is 10.7 Å². The molecule has 1 aliphatic rings. The van der Waals surface area contributed by atoms with Gasteiger partial charge in [0.25, 0.3) is 0 Å². The number of fused-ring (bicyclic) bond motifs is 1. The van der Waals surface area contributed by atoms with Crippen LogP contribution in [0.3, 0.4) is 0 Å². The summed E-state index contributed by atoms with van der Waals surface area (Å²) in [6.07, 6.45) is 0.462. The summed E-state index contributed by atoms with van der Waals surface area (Å²) in [5, 5.41) is 3.54. The Morgan fingerprint density at radius 3 is 2.71 bits per heavy atom. The van der Waals surface area contributed by atoms with Crippen molar-refractivity contribution in [2.45, 2.75) is 6.42 Å². The summed E-state index contributed by atoms with van der Waals surface area (Å²) >= 11 is 5.97. The molecule has 1 N–H and O–H groups in total. The van der Waals surface area contributed by atoms with Gasteiger partial charge in [0.1, 0.15) is 0 Å². The van der Waals surface area contributed by atoms with Crippen molar-refractivity contribution in [3.05, 3.63) is 53.1 Å². The highest BCUT2D eigenvalue weighted by atomic mass is 35.5. The second-order valence-corrected chi connectivity index (χ2v) is 4.54. The highest BCUT2D eigenvalue weighted by molar-refractivity contribution is 6.30. The molecule has 0 unspecified atom stereocenters. The SMILES string of the molecule is O=C1Cc2cc(-c3cccc(Cl)c3)ccc2N1. The minimum Gasteiger partial charge on any atom is -0.326 e. The molecule has 2 aromatic rings. The van der Waals surface area contributed by atoms with Gasteiger partial charge in [0.2, 0.25) is 5.91 Å². The van der Waals surface area contributed by atoms with E-state index in [-0.39, 0.29) is 5.91 Å². The van der Waals surface area contributed by atoms with E-state index in [2.05, 4.69) is 5.32 Å². The minimum atomic E-state index is 0.0586. The Labute approximate surface area is 104 Å². The fourth-order valence-corrected chi connectivity index (χ4v) is 2.27. The molecule has 2 nitrogen and oxygen atoms in total. The number of carbonyl (C=O) groups is 1. The molecule has 0 fully saturated rings. The molecule has 3 rings (SSSR count). The van der Waals surface area contributed by atoms with E-state index < -0.39 is 0 Å². The van der Waals surface area contributed by atoms with E-state index in [0.29, 0.717) is 6.42 Å². The summed E-state index contributed by atoms with van der Waals surface area (Å²) in [5.41, 5.74) is 4.12. The molecule has 0 saturated carbocycles. The van der Waals surface area contributed by atoms with Crippen molar-refractivity contribution >= 4 is 23.2 Å². The average Bonchev–Trinajstić information content (AvgIpc) is 2.68. The molecule has 0 aromatic heterocycles. The number of hydrogen-bond donors (Lipinski definition) is 1. The average molecular weight is 244 g/mol. The van der Waals surface area contributed by atoms with E-state index in [9.17, 15) is 4.79 Å². The molecule has 17 heavy (non-hydrogen) atoms. The van der Waals surface area contributed by atoms with Crippen LogP contribution in [0.25, 0.3) is 11.1 Å². The molecular formula is C14H10ClNO. The molecule has 0 spiro atoms. The molecule has 1 aliphatic heterocycles. The van der Waals surface area contributed by atoms with Crippen LogP contribution < -0.4 is 5.32 Å². The zero-order valence-corrected chi connectivity index (χ0v) is 9.79. The highest BCUT2D eigenvalue weighted by Crippen LogP contribution is 2.29. The van der Waals surface area contributed by atoms with Crippen molar-refractivity contribution in [1.82, 2.24) is 0 Å². The van der Waals surface area contributed by atoms with Crippen molar-refractivity contribution in [3.8, 4) is 11.1 Å². The topological polar surface area (TPSA) is 29.1 Å². The Kier molecular flexibility index (Phi) is 2.37. The smallest absolute Gasteiger partial charge is 0.228 e. The Morgan fingerprint density at radius 2 is 1.88 bits per heavy atom. The van der Waals surface area contributed by atoms with Crippen molar-refractivity contribution in [1.29, 1.82) is 0 Å². The zero-order valence-electron chi connectivity index (χ0n) is 9.03. The number of hydrogen-bond acceptors (Lipinski definition) is 1. The quantitative estimate of drug-likeness (QED) is 0.816. The predicted octanol–water partition coefficient (Wildman–Crippen LogP) is 3.50. The second kappa shape index (κ2) is 3.90. The van der Waals surface area contributed by atoms with Gasteiger partial charge in [-0.05, 0) is 41.0 Å². The van der Waals surface area contributed by atoms with Crippen molar-refractivity contribution in [2.24, 2.45) is 0 Å². The first kappa shape index (κ1) is 10.4. The minimum absolute atomic E-state index is 0.0586. The van der Waals surface area contributed by atoms with E-state index in [1.807, 2.05) is 42.5 Å². The molecule has 2 aromatic carbocycles. The molecule has 0 bridgehead atoms. The number of anilines is 1. The molecule has 3 heteroatoms. The maximum Gasteiger partial charge on any atom is 0.228 e. The first-order valence-corrected chi connectivity index (χ1v) is 5.79. The fourth-order valence-electron chi connectivity index (χ4n) is 2.08. The molecule has 0 aliphatic carbocycles. The lowest BCUT2D eigenvalue weighted by molar-refractivity contribution is -0.115. The third-order valence-electron chi connectivity index (χ3n) is 2.89. The number of nitrogens with one attached hydrogen (secondary N) is 1. The van der Waals surface area contributed by atoms with Crippen LogP contribution in [0.5, 0.6) is 0 Å². The first-order chi connectivity index (χ1) is 8.22. The van der Waals surface area contributed by atoms with Crippen LogP contribution in [0.15, 0.2) is 42.5 Å². The van der Waals surface area contributed by atoms with Gasteiger partial charge in [0.15, 0.2) is 0 Å². The van der Waals surface area contributed by atoms with Crippen LogP contribution >= 0.6 is 11.6 Å². The van der Waals surface area contributed by atoms with Gasteiger partial charge in [-0.3, -0.25) is 4.79 Å². The summed E-state index contributed by atoms with van der Waals surface area (Å²) in [7, 11) is 0. The van der Waals surface area contributed by atoms with Gasteiger partial charge in [-0.25, -0.2) is 0 Å². The van der Waals surface area contributed by atoms with Gasteiger partial charge < -0.3 is 5.32 Å². The number of amides is 1. The number of benzene rings is 2. The highest BCUT2D eigenvalue weighted by Gasteiger charge is 2.17. The largest absolute Gasteiger partial charge is 0.326 e. The molecule has 1 amide bonds. The Hall–Kier alpha value is -1.80. The normalized spacial score (nSPS) is 13.4. The van der Waals surface area contributed by atoms with E-state index in [4.69, 9.17) is 11.6 Å². The van der Waals surface area contributed by atoms with Crippen LogP contribution in [0, 0.1) is 0 Å². The van der Waals surface area contributed by atoms with Crippen LogP contribution in [0.4, 0.5) is 5.69 Å². The summed E-state index contributed by atoms with van der Waals surface area (Å²) in [6, 6.07) is 13.7. The molecule has 1 heterocycles. The fraction of sp³-hybridized carbons (Fsp3) is 0.0714. The molecule has 84 valence electrons. The van der Waals surface area contributed by atoms with Crippen LogP contribution in [0.1, 0.15) is 5.56 Å². The summed E-state index contributed by atoms with van der Waals surface area (Å²) in [6.45, 7) is 0. The van der Waals surface area contributed by atoms with Crippen molar-refractivity contribution in [2.75, 3.05) is 5.32 Å². The summed E-state index contributed by atoms with van der Waals surface area (Å²) < 4.78 is 0. The van der Waals surface area contributed by atoms with E-state index >= 15 is 0 Å². The summed E-state index contributed by atoms with van der Waals surface area (Å²) in [4.78, 5) is 11.3. The Bertz CT molecular complexity index is 607. The number of rotatable bonds is 1. The maximum absolute atomic E-state index is 11.3. The van der Waals surface area contributed by atoms with Gasteiger partial charge >= 0.3 is 0 Å².